The Labute approximate surface area is 121 Å². The van der Waals surface area contributed by atoms with E-state index in [1.165, 1.54) is 11.1 Å². The molecule has 20 heavy (non-hydrogen) atoms. The van der Waals surface area contributed by atoms with E-state index in [1.54, 1.807) is 7.11 Å². The van der Waals surface area contributed by atoms with Gasteiger partial charge in [0.1, 0.15) is 6.17 Å². The third kappa shape index (κ3) is 2.72. The minimum absolute atomic E-state index is 0.0515. The highest BCUT2D eigenvalue weighted by atomic mass is 16.5. The van der Waals surface area contributed by atoms with Gasteiger partial charge < -0.3 is 9.64 Å². The molecule has 0 radical (unpaired) electrons. The van der Waals surface area contributed by atoms with Crippen molar-refractivity contribution in [1.82, 2.24) is 10.2 Å². The Morgan fingerprint density at radius 3 is 2.70 bits per heavy atom. The molecule has 1 heterocycles. The maximum atomic E-state index is 12.4. The van der Waals surface area contributed by atoms with E-state index in [0.717, 1.165) is 5.56 Å². The van der Waals surface area contributed by atoms with Crippen LogP contribution in [-0.4, -0.2) is 36.6 Å². The molecule has 4 heteroatoms. The van der Waals surface area contributed by atoms with Crippen molar-refractivity contribution in [2.24, 2.45) is 0 Å². The first-order valence-electron chi connectivity index (χ1n) is 7.10. The van der Waals surface area contributed by atoms with Crippen LogP contribution in [0, 0.1) is 13.8 Å². The van der Waals surface area contributed by atoms with E-state index in [4.69, 9.17) is 4.74 Å². The van der Waals surface area contributed by atoms with E-state index in [-0.39, 0.29) is 24.2 Å². The van der Waals surface area contributed by atoms with Crippen LogP contribution in [0.25, 0.3) is 0 Å². The number of nitrogens with one attached hydrogen (secondary N) is 1. The summed E-state index contributed by atoms with van der Waals surface area (Å²) in [5.41, 5.74) is 3.61. The first kappa shape index (κ1) is 15.0. The minimum atomic E-state index is -0.153. The molecule has 3 unspecified atom stereocenters. The molecule has 0 bridgehead atoms. The van der Waals surface area contributed by atoms with Crippen LogP contribution in [0.4, 0.5) is 0 Å². The molecule has 3 atom stereocenters. The highest BCUT2D eigenvalue weighted by molar-refractivity contribution is 5.84. The van der Waals surface area contributed by atoms with Crippen molar-refractivity contribution < 1.29 is 9.53 Å². The maximum Gasteiger partial charge on any atom is 0.241 e. The molecule has 0 aliphatic carbocycles. The molecule has 0 spiro atoms. The summed E-state index contributed by atoms with van der Waals surface area (Å²) < 4.78 is 5.21. The number of aryl methyl sites for hydroxylation is 2. The summed E-state index contributed by atoms with van der Waals surface area (Å²) in [6.07, 6.45) is -0.0664. The lowest BCUT2D eigenvalue weighted by Gasteiger charge is -2.31. The molecule has 0 saturated carbocycles. The van der Waals surface area contributed by atoms with Gasteiger partial charge in [0.05, 0.1) is 18.7 Å². The average Bonchev–Trinajstić information content (AvgIpc) is 2.66. The predicted molar refractivity (Wildman–Crippen MR) is 79.4 cm³/mol. The Balaban J connectivity index is 2.35. The quantitative estimate of drug-likeness (QED) is 0.916. The third-order valence-corrected chi connectivity index (χ3v) is 3.91. The van der Waals surface area contributed by atoms with Crippen molar-refractivity contribution in [2.75, 3.05) is 13.7 Å². The van der Waals surface area contributed by atoms with Crippen LogP contribution >= 0.6 is 0 Å². The van der Waals surface area contributed by atoms with E-state index in [1.807, 2.05) is 18.7 Å². The number of hydrogen-bond donors (Lipinski definition) is 1. The Kier molecular flexibility index (Phi) is 4.45. The molecule has 1 aliphatic rings. The van der Waals surface area contributed by atoms with Gasteiger partial charge >= 0.3 is 0 Å². The van der Waals surface area contributed by atoms with Crippen LogP contribution in [0.15, 0.2) is 18.2 Å². The fourth-order valence-electron chi connectivity index (χ4n) is 2.90. The summed E-state index contributed by atoms with van der Waals surface area (Å²) in [7, 11) is 1.67. The molecule has 4 nitrogen and oxygen atoms in total. The van der Waals surface area contributed by atoms with Crippen LogP contribution in [-0.2, 0) is 9.53 Å². The van der Waals surface area contributed by atoms with Gasteiger partial charge in [0.2, 0.25) is 5.91 Å². The van der Waals surface area contributed by atoms with E-state index in [2.05, 4.69) is 37.4 Å². The Morgan fingerprint density at radius 2 is 2.10 bits per heavy atom. The molecule has 2 rings (SSSR count). The lowest BCUT2D eigenvalue weighted by Crippen LogP contribution is -2.41. The van der Waals surface area contributed by atoms with E-state index in [9.17, 15) is 4.79 Å². The number of carbonyl (C=O) groups is 1. The summed E-state index contributed by atoms with van der Waals surface area (Å²) in [6.45, 7) is 8.66. The van der Waals surface area contributed by atoms with Gasteiger partial charge in [-0.3, -0.25) is 10.1 Å². The number of ether oxygens (including phenoxy) is 1. The number of amides is 1. The van der Waals surface area contributed by atoms with Crippen molar-refractivity contribution in [3.63, 3.8) is 0 Å². The zero-order chi connectivity index (χ0) is 14.9. The van der Waals surface area contributed by atoms with Crippen LogP contribution in [0.2, 0.25) is 0 Å². The Morgan fingerprint density at radius 1 is 1.40 bits per heavy atom. The summed E-state index contributed by atoms with van der Waals surface area (Å²) in [5.74, 6) is 0.138. The van der Waals surface area contributed by atoms with Gasteiger partial charge in [-0.2, -0.15) is 0 Å². The van der Waals surface area contributed by atoms with Gasteiger partial charge in [0.25, 0.3) is 0 Å². The van der Waals surface area contributed by atoms with Crippen LogP contribution < -0.4 is 5.32 Å². The first-order valence-corrected chi connectivity index (χ1v) is 7.10. The molecule has 1 saturated heterocycles. The molecular formula is C16H24N2O2. The molecule has 1 N–H and O–H groups in total. The molecule has 1 fully saturated rings. The van der Waals surface area contributed by atoms with Gasteiger partial charge in [-0.25, -0.2) is 0 Å². The number of rotatable bonds is 4. The van der Waals surface area contributed by atoms with Gasteiger partial charge in [-0.15, -0.1) is 0 Å². The largest absolute Gasteiger partial charge is 0.383 e. The molecule has 1 aromatic rings. The number of nitrogens with zero attached hydrogens (tertiary/aromatic N) is 1. The Bertz CT molecular complexity index is 501. The van der Waals surface area contributed by atoms with Gasteiger partial charge in [-0.1, -0.05) is 23.8 Å². The van der Waals surface area contributed by atoms with Crippen LogP contribution in [0.1, 0.15) is 36.7 Å². The highest BCUT2D eigenvalue weighted by Gasteiger charge is 2.40. The SMILES string of the molecule is COCC(C)N1C(=O)C(C)NC1c1ccc(C)cc1C. The summed E-state index contributed by atoms with van der Waals surface area (Å²) in [4.78, 5) is 14.3. The second-order valence-corrected chi connectivity index (χ2v) is 5.70. The van der Waals surface area contributed by atoms with E-state index < -0.39 is 0 Å². The first-order chi connectivity index (χ1) is 9.45. The molecule has 1 aliphatic heterocycles. The number of carbonyl (C=O) groups excluding carboxylic acids is 1. The van der Waals surface area contributed by atoms with Crippen molar-refractivity contribution >= 4 is 5.91 Å². The van der Waals surface area contributed by atoms with Gasteiger partial charge in [-0.05, 0) is 38.8 Å². The zero-order valence-electron chi connectivity index (χ0n) is 12.9. The van der Waals surface area contributed by atoms with Gasteiger partial charge in [0.15, 0.2) is 0 Å². The fraction of sp³-hybridized carbons (Fsp3) is 0.562. The lowest BCUT2D eigenvalue weighted by atomic mass is 10.0. The van der Waals surface area contributed by atoms with E-state index >= 15 is 0 Å². The second-order valence-electron chi connectivity index (χ2n) is 5.70. The number of methoxy groups -OCH3 is 1. The van der Waals surface area contributed by atoms with Crippen molar-refractivity contribution in [1.29, 1.82) is 0 Å². The maximum absolute atomic E-state index is 12.4. The lowest BCUT2D eigenvalue weighted by molar-refractivity contribution is -0.132. The smallest absolute Gasteiger partial charge is 0.241 e. The normalized spacial score (nSPS) is 24.2. The second kappa shape index (κ2) is 5.94. The van der Waals surface area contributed by atoms with Crippen LogP contribution in [0.5, 0.6) is 0 Å². The molecule has 0 aromatic heterocycles. The zero-order valence-corrected chi connectivity index (χ0v) is 12.9. The Hall–Kier alpha value is -1.39. The van der Waals surface area contributed by atoms with Crippen molar-refractivity contribution in [3.05, 3.63) is 34.9 Å². The monoisotopic (exact) mass is 276 g/mol. The molecule has 110 valence electrons. The minimum Gasteiger partial charge on any atom is -0.383 e. The summed E-state index contributed by atoms with van der Waals surface area (Å²) >= 11 is 0. The summed E-state index contributed by atoms with van der Waals surface area (Å²) in [6, 6.07) is 6.26. The van der Waals surface area contributed by atoms with Crippen LogP contribution in [0.3, 0.4) is 0 Å². The predicted octanol–water partition coefficient (Wildman–Crippen LogP) is 2.16. The molecular weight excluding hydrogens is 252 g/mol. The average molecular weight is 276 g/mol. The molecule has 1 amide bonds. The summed E-state index contributed by atoms with van der Waals surface area (Å²) in [5, 5.41) is 3.39. The van der Waals surface area contributed by atoms with E-state index in [0.29, 0.717) is 6.61 Å². The standard InChI is InChI=1S/C16H24N2O2/c1-10-6-7-14(11(2)8-10)15-17-13(4)16(19)18(15)12(3)9-20-5/h6-8,12-13,15,17H,9H2,1-5H3. The third-order valence-electron chi connectivity index (χ3n) is 3.91. The van der Waals surface area contributed by atoms with Gasteiger partial charge in [0, 0.05) is 7.11 Å². The topological polar surface area (TPSA) is 41.6 Å². The highest BCUT2D eigenvalue weighted by Crippen LogP contribution is 2.30. The number of benzene rings is 1. The number of hydrogen-bond acceptors (Lipinski definition) is 3. The fourth-order valence-corrected chi connectivity index (χ4v) is 2.90. The van der Waals surface area contributed by atoms with Crippen molar-refractivity contribution in [2.45, 2.75) is 45.9 Å². The molecule has 1 aromatic carbocycles. The van der Waals surface area contributed by atoms with Crippen molar-refractivity contribution in [3.8, 4) is 0 Å².